The van der Waals surface area contributed by atoms with Crippen molar-refractivity contribution in [3.63, 3.8) is 0 Å². The highest BCUT2D eigenvalue weighted by Gasteiger charge is 2.07. The van der Waals surface area contributed by atoms with Crippen LogP contribution in [-0.2, 0) is 0 Å². The van der Waals surface area contributed by atoms with Gasteiger partial charge in [0.1, 0.15) is 0 Å². The van der Waals surface area contributed by atoms with E-state index < -0.39 is 0 Å². The molecule has 0 spiro atoms. The molecule has 0 saturated heterocycles. The maximum atomic E-state index is 8.83. The second kappa shape index (κ2) is 3.65. The van der Waals surface area contributed by atoms with Gasteiger partial charge in [0, 0.05) is 11.4 Å². The third-order valence-corrected chi connectivity index (χ3v) is 1.86. The smallest absolute Gasteiger partial charge is 0.0625 e. The van der Waals surface area contributed by atoms with Crippen molar-refractivity contribution >= 4 is 0 Å². The van der Waals surface area contributed by atoms with Gasteiger partial charge in [-0.25, -0.2) is 0 Å². The average molecular weight is 166 g/mol. The van der Waals surface area contributed by atoms with Crippen LogP contribution in [0.1, 0.15) is 23.0 Å². The van der Waals surface area contributed by atoms with Gasteiger partial charge >= 0.3 is 0 Å². The zero-order valence-electron chi connectivity index (χ0n) is 7.41. The van der Waals surface area contributed by atoms with E-state index in [1.807, 2.05) is 26.0 Å². The highest BCUT2D eigenvalue weighted by molar-refractivity contribution is 5.24. The first kappa shape index (κ1) is 9.16. The summed E-state index contributed by atoms with van der Waals surface area (Å²) in [7, 11) is 0. The van der Waals surface area contributed by atoms with Gasteiger partial charge in [-0.3, -0.25) is 4.98 Å². The van der Waals surface area contributed by atoms with Crippen LogP contribution in [0.3, 0.4) is 0 Å². The van der Waals surface area contributed by atoms with E-state index in [2.05, 4.69) is 4.98 Å². The molecule has 1 heterocycles. The van der Waals surface area contributed by atoms with E-state index in [1.165, 1.54) is 0 Å². The topological polar surface area (TPSA) is 59.1 Å². The van der Waals surface area contributed by atoms with Crippen molar-refractivity contribution in [3.8, 4) is 0 Å². The monoisotopic (exact) mass is 166 g/mol. The Hall–Kier alpha value is -0.930. The van der Waals surface area contributed by atoms with Gasteiger partial charge in [-0.2, -0.15) is 0 Å². The van der Waals surface area contributed by atoms with Gasteiger partial charge in [0.2, 0.25) is 0 Å². The van der Waals surface area contributed by atoms with Crippen LogP contribution in [0.4, 0.5) is 0 Å². The molecule has 66 valence electrons. The minimum Gasteiger partial charge on any atom is -0.394 e. The predicted molar refractivity (Wildman–Crippen MR) is 47.7 cm³/mol. The van der Waals surface area contributed by atoms with Crippen LogP contribution in [0, 0.1) is 13.8 Å². The number of nitrogens with two attached hydrogens (primary N) is 1. The second-order valence-corrected chi connectivity index (χ2v) is 2.92. The Morgan fingerprint density at radius 3 is 2.67 bits per heavy atom. The molecule has 3 nitrogen and oxygen atoms in total. The molecule has 12 heavy (non-hydrogen) atoms. The highest BCUT2D eigenvalue weighted by atomic mass is 16.3. The van der Waals surface area contributed by atoms with Crippen molar-refractivity contribution in [1.82, 2.24) is 4.98 Å². The molecule has 0 unspecified atom stereocenters. The Kier molecular flexibility index (Phi) is 2.78. The molecule has 0 amide bonds. The number of aliphatic hydroxyl groups is 1. The number of rotatable bonds is 2. The van der Waals surface area contributed by atoms with Crippen LogP contribution in [-0.4, -0.2) is 16.7 Å². The molecule has 1 aromatic heterocycles. The minimum atomic E-state index is -0.307. The Morgan fingerprint density at radius 1 is 1.50 bits per heavy atom. The number of aryl methyl sites for hydroxylation is 2. The molecule has 0 fully saturated rings. The van der Waals surface area contributed by atoms with Gasteiger partial charge in [0.15, 0.2) is 0 Å². The average Bonchev–Trinajstić information content (AvgIpc) is 2.03. The second-order valence-electron chi connectivity index (χ2n) is 2.92. The van der Waals surface area contributed by atoms with Crippen LogP contribution >= 0.6 is 0 Å². The zero-order chi connectivity index (χ0) is 9.14. The quantitative estimate of drug-likeness (QED) is 0.679. The summed E-state index contributed by atoms with van der Waals surface area (Å²) >= 11 is 0. The van der Waals surface area contributed by atoms with Gasteiger partial charge < -0.3 is 10.8 Å². The Bertz CT molecular complexity index is 273. The fourth-order valence-corrected chi connectivity index (χ4v) is 1.19. The van der Waals surface area contributed by atoms with E-state index in [-0.39, 0.29) is 12.6 Å². The Morgan fingerprint density at radius 2 is 2.17 bits per heavy atom. The molecule has 0 radical (unpaired) electrons. The number of pyridine rings is 1. The summed E-state index contributed by atoms with van der Waals surface area (Å²) in [4.78, 5) is 4.25. The SMILES string of the molecule is Cc1ccc([C@H](N)CO)c(C)n1. The first-order valence-electron chi connectivity index (χ1n) is 3.95. The summed E-state index contributed by atoms with van der Waals surface area (Å²) in [6.07, 6.45) is 0. The van der Waals surface area contributed by atoms with E-state index in [0.717, 1.165) is 17.0 Å². The van der Waals surface area contributed by atoms with Gasteiger partial charge in [-0.05, 0) is 25.5 Å². The minimum absolute atomic E-state index is 0.0361. The highest BCUT2D eigenvalue weighted by Crippen LogP contribution is 2.13. The summed E-state index contributed by atoms with van der Waals surface area (Å²) in [5.74, 6) is 0. The fourth-order valence-electron chi connectivity index (χ4n) is 1.19. The lowest BCUT2D eigenvalue weighted by atomic mass is 10.1. The molecule has 0 bridgehead atoms. The molecule has 1 rings (SSSR count). The number of hydrogen-bond donors (Lipinski definition) is 2. The number of nitrogens with zero attached hydrogens (tertiary/aromatic N) is 1. The van der Waals surface area contributed by atoms with Crippen molar-refractivity contribution < 1.29 is 5.11 Å². The molecule has 3 N–H and O–H groups in total. The fraction of sp³-hybridized carbons (Fsp3) is 0.444. The number of aliphatic hydroxyl groups excluding tert-OH is 1. The molecule has 1 aromatic rings. The summed E-state index contributed by atoms with van der Waals surface area (Å²) in [6.45, 7) is 3.80. The lowest BCUT2D eigenvalue weighted by molar-refractivity contribution is 0.267. The van der Waals surface area contributed by atoms with E-state index in [0.29, 0.717) is 0 Å². The van der Waals surface area contributed by atoms with Crippen LogP contribution in [0.15, 0.2) is 12.1 Å². The van der Waals surface area contributed by atoms with Gasteiger partial charge in [-0.1, -0.05) is 6.07 Å². The molecule has 0 aliphatic rings. The summed E-state index contributed by atoms with van der Waals surface area (Å²) in [5, 5.41) is 8.83. The van der Waals surface area contributed by atoms with Crippen LogP contribution in [0.25, 0.3) is 0 Å². The van der Waals surface area contributed by atoms with Crippen LogP contribution in [0.5, 0.6) is 0 Å². The maximum absolute atomic E-state index is 8.83. The summed E-state index contributed by atoms with van der Waals surface area (Å²) < 4.78 is 0. The molecular formula is C9H14N2O. The number of aromatic nitrogens is 1. The lowest BCUT2D eigenvalue weighted by Crippen LogP contribution is -2.16. The predicted octanol–water partition coefficient (Wildman–Crippen LogP) is 0.691. The first-order chi connectivity index (χ1) is 5.65. The van der Waals surface area contributed by atoms with E-state index in [1.54, 1.807) is 0 Å². The van der Waals surface area contributed by atoms with Crippen molar-refractivity contribution in [3.05, 3.63) is 29.1 Å². The molecule has 0 aliphatic carbocycles. The molecule has 3 heteroatoms. The lowest BCUT2D eigenvalue weighted by Gasteiger charge is -2.11. The molecule has 0 saturated carbocycles. The van der Waals surface area contributed by atoms with Crippen LogP contribution < -0.4 is 5.73 Å². The van der Waals surface area contributed by atoms with Crippen molar-refractivity contribution in [1.29, 1.82) is 0 Å². The normalized spacial score (nSPS) is 13.0. The van der Waals surface area contributed by atoms with E-state index in [9.17, 15) is 0 Å². The van der Waals surface area contributed by atoms with Gasteiger partial charge in [-0.15, -0.1) is 0 Å². The Labute approximate surface area is 72.2 Å². The summed E-state index contributed by atoms with van der Waals surface area (Å²) in [6, 6.07) is 3.51. The standard InChI is InChI=1S/C9H14N2O/c1-6-3-4-8(7(2)11-6)9(10)5-12/h3-4,9,12H,5,10H2,1-2H3/t9-/m1/s1. The van der Waals surface area contributed by atoms with Crippen molar-refractivity contribution in [2.24, 2.45) is 5.73 Å². The third-order valence-electron chi connectivity index (χ3n) is 1.86. The third kappa shape index (κ3) is 1.81. The maximum Gasteiger partial charge on any atom is 0.0625 e. The van der Waals surface area contributed by atoms with E-state index in [4.69, 9.17) is 10.8 Å². The Balaban J connectivity index is 3.01. The number of hydrogen-bond acceptors (Lipinski definition) is 3. The van der Waals surface area contributed by atoms with Gasteiger partial charge in [0.25, 0.3) is 0 Å². The van der Waals surface area contributed by atoms with Gasteiger partial charge in [0.05, 0.1) is 12.6 Å². The molecule has 1 atom stereocenters. The molecule has 0 aliphatic heterocycles. The molecule has 0 aromatic carbocycles. The first-order valence-corrected chi connectivity index (χ1v) is 3.95. The van der Waals surface area contributed by atoms with Crippen molar-refractivity contribution in [2.75, 3.05) is 6.61 Å². The van der Waals surface area contributed by atoms with Crippen LogP contribution in [0.2, 0.25) is 0 Å². The van der Waals surface area contributed by atoms with Crippen molar-refractivity contribution in [2.45, 2.75) is 19.9 Å². The zero-order valence-corrected chi connectivity index (χ0v) is 7.41. The largest absolute Gasteiger partial charge is 0.394 e. The summed E-state index contributed by atoms with van der Waals surface area (Å²) in [5.41, 5.74) is 8.45. The molecular weight excluding hydrogens is 152 g/mol. The van der Waals surface area contributed by atoms with E-state index >= 15 is 0 Å².